The molecule has 0 aliphatic carbocycles. The summed E-state index contributed by atoms with van der Waals surface area (Å²) in [5, 5.41) is 8.49. The van der Waals surface area contributed by atoms with Crippen molar-refractivity contribution in [3.63, 3.8) is 0 Å². The lowest BCUT2D eigenvalue weighted by Crippen LogP contribution is -2.28. The average Bonchev–Trinajstić information content (AvgIpc) is 2.94. The molecule has 25 heavy (non-hydrogen) atoms. The zero-order valence-electron chi connectivity index (χ0n) is 14.1. The first kappa shape index (κ1) is 18.7. The quantitative estimate of drug-likeness (QED) is 0.338. The van der Waals surface area contributed by atoms with E-state index in [9.17, 15) is 9.59 Å². The van der Waals surface area contributed by atoms with Crippen LogP contribution in [0, 0.1) is 0 Å². The number of hydrogen-bond donors (Lipinski definition) is 0. The summed E-state index contributed by atoms with van der Waals surface area (Å²) in [5.74, 6) is -0.923. The van der Waals surface area contributed by atoms with Crippen LogP contribution in [0.4, 0.5) is 5.69 Å². The lowest BCUT2D eigenvalue weighted by atomic mass is 10.3. The third-order valence-electron chi connectivity index (χ3n) is 3.16. The van der Waals surface area contributed by atoms with Gasteiger partial charge in [-0.2, -0.15) is 5.10 Å². The van der Waals surface area contributed by atoms with Crippen molar-refractivity contribution in [3.8, 4) is 0 Å². The Morgan fingerprint density at radius 3 is 2.76 bits per heavy atom. The smallest absolute Gasteiger partial charge is 0.331 e. The van der Waals surface area contributed by atoms with Crippen LogP contribution < -0.4 is 4.90 Å². The van der Waals surface area contributed by atoms with Crippen LogP contribution in [-0.4, -0.2) is 30.4 Å². The summed E-state index contributed by atoms with van der Waals surface area (Å²) < 4.78 is 4.59. The monoisotopic (exact) mass is 357 g/mol. The lowest BCUT2D eigenvalue weighted by molar-refractivity contribution is -0.135. The van der Waals surface area contributed by atoms with Gasteiger partial charge < -0.3 is 4.74 Å². The van der Waals surface area contributed by atoms with Crippen LogP contribution >= 0.6 is 11.8 Å². The molecule has 1 aromatic carbocycles. The minimum Gasteiger partial charge on any atom is -0.466 e. The Morgan fingerprint density at radius 2 is 2.08 bits per heavy atom. The minimum atomic E-state index is -0.587. The van der Waals surface area contributed by atoms with E-state index < -0.39 is 5.97 Å². The zero-order valence-corrected chi connectivity index (χ0v) is 14.9. The largest absolute Gasteiger partial charge is 0.466 e. The van der Waals surface area contributed by atoms with Gasteiger partial charge in [0.05, 0.1) is 17.7 Å². The number of ether oxygens (including phenoxy) is 1. The number of unbranched alkanes of at least 4 members (excludes halogenated alkanes) is 1. The predicted molar refractivity (Wildman–Crippen MR) is 102 cm³/mol. The molecular weight excluding hydrogens is 338 g/mol. The maximum absolute atomic E-state index is 12.6. The van der Waals surface area contributed by atoms with E-state index in [4.69, 9.17) is 0 Å². The number of anilines is 1. The van der Waals surface area contributed by atoms with Gasteiger partial charge in [-0.1, -0.05) is 37.6 Å². The number of para-hydroxylation sites is 1. The number of amides is 1. The first-order valence-corrected chi connectivity index (χ1v) is 8.62. The molecule has 6 nitrogen and oxygen atoms in total. The van der Waals surface area contributed by atoms with Gasteiger partial charge in [0, 0.05) is 12.3 Å². The van der Waals surface area contributed by atoms with Crippen LogP contribution in [0.2, 0.25) is 0 Å². The van der Waals surface area contributed by atoms with Crippen LogP contribution in [0.3, 0.4) is 0 Å². The van der Waals surface area contributed by atoms with Crippen molar-refractivity contribution in [1.82, 2.24) is 0 Å². The van der Waals surface area contributed by atoms with E-state index in [-0.39, 0.29) is 10.8 Å². The average molecular weight is 357 g/mol. The van der Waals surface area contributed by atoms with Crippen molar-refractivity contribution in [2.75, 3.05) is 12.0 Å². The fraction of sp³-hybridized carbons (Fsp3) is 0.222. The van der Waals surface area contributed by atoms with Gasteiger partial charge in [-0.25, -0.2) is 4.79 Å². The molecule has 1 saturated heterocycles. The third-order valence-corrected chi connectivity index (χ3v) is 4.12. The molecule has 0 unspecified atom stereocenters. The van der Waals surface area contributed by atoms with Crippen molar-refractivity contribution < 1.29 is 14.3 Å². The van der Waals surface area contributed by atoms with Gasteiger partial charge in [0.25, 0.3) is 5.91 Å². The molecule has 1 heterocycles. The highest BCUT2D eigenvalue weighted by molar-refractivity contribution is 8.19. The van der Waals surface area contributed by atoms with E-state index in [0.717, 1.165) is 30.7 Å². The van der Waals surface area contributed by atoms with Crippen LogP contribution in [0.25, 0.3) is 0 Å². The van der Waals surface area contributed by atoms with Gasteiger partial charge in [-0.3, -0.25) is 9.69 Å². The highest BCUT2D eigenvalue weighted by Gasteiger charge is 2.35. The number of esters is 1. The van der Waals surface area contributed by atoms with Crippen molar-refractivity contribution >= 4 is 40.7 Å². The molecule has 0 saturated carbocycles. The summed E-state index contributed by atoms with van der Waals surface area (Å²) in [5.41, 5.74) is 0.656. The molecule has 0 N–H and O–H groups in total. The molecule has 0 bridgehead atoms. The van der Waals surface area contributed by atoms with Crippen LogP contribution in [0.5, 0.6) is 0 Å². The van der Waals surface area contributed by atoms with Gasteiger partial charge in [0.15, 0.2) is 0 Å². The normalized spacial score (nSPS) is 18.2. The molecule has 0 atom stereocenters. The highest BCUT2D eigenvalue weighted by atomic mass is 32.2. The van der Waals surface area contributed by atoms with Gasteiger partial charge in [0.1, 0.15) is 0 Å². The standard InChI is InChI=1S/C18H19N3O3S/c1-3-4-5-9-12-19-20-18-21(14-10-7-6-8-11-14)17(23)15(25-18)13-16(22)24-2/h5-13H,3-4H2,1-2H3/b9-5+,15-13-,19-12+,20-18-. The molecule has 1 aliphatic rings. The molecule has 130 valence electrons. The lowest BCUT2D eigenvalue weighted by Gasteiger charge is -2.14. The van der Waals surface area contributed by atoms with E-state index in [1.54, 1.807) is 18.3 Å². The molecule has 1 fully saturated rings. The molecule has 1 aliphatic heterocycles. The fourth-order valence-electron chi connectivity index (χ4n) is 1.96. The van der Waals surface area contributed by atoms with Gasteiger partial charge >= 0.3 is 5.97 Å². The van der Waals surface area contributed by atoms with Crippen molar-refractivity contribution in [2.24, 2.45) is 10.2 Å². The van der Waals surface area contributed by atoms with E-state index in [0.29, 0.717) is 10.9 Å². The Kier molecular flexibility index (Phi) is 7.16. The molecule has 7 heteroatoms. The Bertz CT molecular complexity index is 739. The number of amidine groups is 1. The third kappa shape index (κ3) is 5.15. The molecule has 0 spiro atoms. The van der Waals surface area contributed by atoms with Gasteiger partial charge in [-0.05, 0) is 36.4 Å². The van der Waals surface area contributed by atoms with Gasteiger partial charge in [-0.15, -0.1) is 5.10 Å². The van der Waals surface area contributed by atoms with E-state index in [1.807, 2.05) is 30.4 Å². The molecule has 1 aromatic rings. The van der Waals surface area contributed by atoms with Crippen LogP contribution in [-0.2, 0) is 14.3 Å². The van der Waals surface area contributed by atoms with Crippen molar-refractivity contribution in [3.05, 3.63) is 53.5 Å². The molecule has 2 rings (SSSR count). The maximum atomic E-state index is 12.6. The zero-order chi connectivity index (χ0) is 18.1. The number of hydrogen-bond acceptors (Lipinski definition) is 6. The Balaban J connectivity index is 2.29. The number of rotatable bonds is 6. The summed E-state index contributed by atoms with van der Waals surface area (Å²) in [6, 6.07) is 9.09. The van der Waals surface area contributed by atoms with Crippen molar-refractivity contribution in [2.45, 2.75) is 19.8 Å². The predicted octanol–water partition coefficient (Wildman–Crippen LogP) is 3.52. The summed E-state index contributed by atoms with van der Waals surface area (Å²) in [4.78, 5) is 25.8. The number of allylic oxidation sites excluding steroid dienone is 2. The number of nitrogens with zero attached hydrogens (tertiary/aromatic N) is 3. The topological polar surface area (TPSA) is 71.3 Å². The molecular formula is C18H19N3O3S. The fourth-order valence-corrected chi connectivity index (χ4v) is 2.85. The number of carbonyl (C=O) groups excluding carboxylic acids is 2. The second-order valence-electron chi connectivity index (χ2n) is 4.97. The second-order valence-corrected chi connectivity index (χ2v) is 5.98. The van der Waals surface area contributed by atoms with E-state index >= 15 is 0 Å². The molecule has 1 amide bonds. The van der Waals surface area contributed by atoms with E-state index in [1.165, 1.54) is 12.0 Å². The van der Waals surface area contributed by atoms with Gasteiger partial charge in [0.2, 0.25) is 5.17 Å². The number of carbonyl (C=O) groups is 2. The second kappa shape index (κ2) is 9.58. The number of methoxy groups -OCH3 is 1. The summed E-state index contributed by atoms with van der Waals surface area (Å²) in [7, 11) is 1.26. The van der Waals surface area contributed by atoms with Crippen LogP contribution in [0.15, 0.2) is 63.7 Å². The maximum Gasteiger partial charge on any atom is 0.331 e. The minimum absolute atomic E-state index is 0.242. The highest BCUT2D eigenvalue weighted by Crippen LogP contribution is 2.34. The first-order valence-electron chi connectivity index (χ1n) is 7.80. The SMILES string of the molecule is CCC/C=C/C=N/N=C1\S/C(=C\C(=O)OC)C(=O)N1c1ccccc1. The first-order chi connectivity index (χ1) is 12.2. The summed E-state index contributed by atoms with van der Waals surface area (Å²) in [6.45, 7) is 2.09. The Hall–Kier alpha value is -2.67. The summed E-state index contributed by atoms with van der Waals surface area (Å²) in [6.07, 6.45) is 8.57. The summed E-state index contributed by atoms with van der Waals surface area (Å²) >= 11 is 1.08. The number of thioether (sulfide) groups is 1. The van der Waals surface area contributed by atoms with Crippen LogP contribution in [0.1, 0.15) is 19.8 Å². The number of benzene rings is 1. The van der Waals surface area contributed by atoms with E-state index in [2.05, 4.69) is 21.9 Å². The molecule has 0 radical (unpaired) electrons. The molecule has 0 aromatic heterocycles. The van der Waals surface area contributed by atoms with Crippen molar-refractivity contribution in [1.29, 1.82) is 0 Å². The Morgan fingerprint density at radius 1 is 1.32 bits per heavy atom. The Labute approximate surface area is 151 Å².